The van der Waals surface area contributed by atoms with E-state index in [1.807, 2.05) is 0 Å². The summed E-state index contributed by atoms with van der Waals surface area (Å²) in [6, 6.07) is 8.86. The van der Waals surface area contributed by atoms with Gasteiger partial charge in [-0.2, -0.15) is 0 Å². The Labute approximate surface area is 90.0 Å². The van der Waals surface area contributed by atoms with Gasteiger partial charge in [0, 0.05) is 0 Å². The second kappa shape index (κ2) is 4.28. The molecule has 0 heterocycles. The average molecular weight is 207 g/mol. The van der Waals surface area contributed by atoms with Crippen molar-refractivity contribution in [3.63, 3.8) is 0 Å². The summed E-state index contributed by atoms with van der Waals surface area (Å²) >= 11 is 0. The fourth-order valence-electron chi connectivity index (χ4n) is 1.73. The maximum absolute atomic E-state index is 2.35. The molecule has 0 N–H and O–H groups in total. The van der Waals surface area contributed by atoms with E-state index in [1.54, 1.807) is 5.19 Å². The molecule has 2 heteroatoms. The van der Waals surface area contributed by atoms with Gasteiger partial charge in [-0.3, -0.25) is 0 Å². The summed E-state index contributed by atoms with van der Waals surface area (Å²) in [5, 5.41) is 1.57. The molecule has 0 aliphatic rings. The molecule has 1 nitrogen and oxygen atoms in total. The van der Waals surface area contributed by atoms with Crippen LogP contribution in [0.4, 0.5) is 0 Å². The molecule has 0 fully saturated rings. The van der Waals surface area contributed by atoms with Crippen LogP contribution < -0.4 is 5.19 Å². The van der Waals surface area contributed by atoms with Gasteiger partial charge in [-0.1, -0.05) is 45.0 Å². The molecule has 0 saturated carbocycles. The van der Waals surface area contributed by atoms with Gasteiger partial charge in [0.1, 0.15) is 9.68 Å². The summed E-state index contributed by atoms with van der Waals surface area (Å²) in [4.78, 5) is 0. The standard InChI is InChI=1S/C12H21NSi/c1-12(2,3)10-8-6-7-9-11(10)14-13(4)5/h6-9H,14H2,1-5H3. The molecule has 0 spiro atoms. The number of rotatable bonds is 2. The van der Waals surface area contributed by atoms with Crippen LogP contribution in [-0.4, -0.2) is 28.3 Å². The van der Waals surface area contributed by atoms with Crippen LogP contribution in [0.25, 0.3) is 0 Å². The molecule has 0 aromatic heterocycles. The number of hydrogen-bond acceptors (Lipinski definition) is 1. The highest BCUT2D eigenvalue weighted by atomic mass is 28.2. The summed E-state index contributed by atoms with van der Waals surface area (Å²) in [5.41, 5.74) is 1.79. The van der Waals surface area contributed by atoms with Crippen molar-refractivity contribution in [2.45, 2.75) is 26.2 Å². The Balaban J connectivity index is 3.04. The van der Waals surface area contributed by atoms with Crippen molar-refractivity contribution in [1.82, 2.24) is 4.57 Å². The lowest BCUT2D eigenvalue weighted by Gasteiger charge is -2.24. The van der Waals surface area contributed by atoms with Gasteiger partial charge in [0.15, 0.2) is 0 Å². The molecule has 0 radical (unpaired) electrons. The normalized spacial score (nSPS) is 13.0. The highest BCUT2D eigenvalue weighted by Gasteiger charge is 2.17. The zero-order chi connectivity index (χ0) is 10.8. The Morgan fingerprint density at radius 3 is 2.14 bits per heavy atom. The first-order valence-corrected chi connectivity index (χ1v) is 6.48. The van der Waals surface area contributed by atoms with Gasteiger partial charge in [-0.25, -0.2) is 0 Å². The lowest BCUT2D eigenvalue weighted by Crippen LogP contribution is -2.35. The number of nitrogens with zero attached hydrogens (tertiary/aromatic N) is 1. The molecular formula is C12H21NSi. The van der Waals surface area contributed by atoms with Gasteiger partial charge in [-0.05, 0) is 30.3 Å². The van der Waals surface area contributed by atoms with Gasteiger partial charge < -0.3 is 4.57 Å². The monoisotopic (exact) mass is 207 g/mol. The second-order valence-corrected chi connectivity index (χ2v) is 7.49. The van der Waals surface area contributed by atoms with Gasteiger partial charge in [-0.15, -0.1) is 0 Å². The lowest BCUT2D eigenvalue weighted by atomic mass is 9.87. The van der Waals surface area contributed by atoms with Crippen molar-refractivity contribution in [2.75, 3.05) is 14.1 Å². The molecule has 1 rings (SSSR count). The van der Waals surface area contributed by atoms with Crippen LogP contribution >= 0.6 is 0 Å². The minimum atomic E-state index is -0.252. The topological polar surface area (TPSA) is 3.24 Å². The molecule has 0 unspecified atom stereocenters. The molecule has 78 valence electrons. The SMILES string of the molecule is CN(C)[SiH2]c1ccccc1C(C)(C)C. The van der Waals surface area contributed by atoms with E-state index < -0.39 is 0 Å². The summed E-state index contributed by atoms with van der Waals surface area (Å²) in [7, 11) is 4.09. The minimum absolute atomic E-state index is 0.252. The van der Waals surface area contributed by atoms with E-state index in [4.69, 9.17) is 0 Å². The third-order valence-corrected chi connectivity index (χ3v) is 3.90. The molecule has 0 amide bonds. The molecular weight excluding hydrogens is 186 g/mol. The van der Waals surface area contributed by atoms with Crippen molar-refractivity contribution < 1.29 is 0 Å². The van der Waals surface area contributed by atoms with E-state index in [1.165, 1.54) is 5.56 Å². The van der Waals surface area contributed by atoms with Gasteiger partial charge in [0.2, 0.25) is 0 Å². The molecule has 14 heavy (non-hydrogen) atoms. The second-order valence-electron chi connectivity index (χ2n) is 5.14. The summed E-state index contributed by atoms with van der Waals surface area (Å²) < 4.78 is 2.35. The Morgan fingerprint density at radius 2 is 1.64 bits per heavy atom. The van der Waals surface area contributed by atoms with Crippen LogP contribution in [-0.2, 0) is 5.41 Å². The number of hydrogen-bond donors (Lipinski definition) is 0. The molecule has 1 aromatic rings. The highest BCUT2D eigenvalue weighted by Crippen LogP contribution is 2.19. The van der Waals surface area contributed by atoms with E-state index in [9.17, 15) is 0 Å². The van der Waals surface area contributed by atoms with Gasteiger partial charge >= 0.3 is 0 Å². The molecule has 0 aliphatic heterocycles. The molecule has 0 aliphatic carbocycles. The van der Waals surface area contributed by atoms with E-state index in [-0.39, 0.29) is 15.1 Å². The quantitative estimate of drug-likeness (QED) is 0.660. The zero-order valence-electron chi connectivity index (χ0n) is 9.96. The summed E-state index contributed by atoms with van der Waals surface area (Å²) in [6.45, 7) is 6.86. The Bertz CT molecular complexity index is 299. The first-order chi connectivity index (χ1) is 6.41. The van der Waals surface area contributed by atoms with Crippen molar-refractivity contribution >= 4 is 14.9 Å². The Morgan fingerprint density at radius 1 is 1.07 bits per heavy atom. The first-order valence-electron chi connectivity index (χ1n) is 5.14. The van der Waals surface area contributed by atoms with Crippen LogP contribution in [0.15, 0.2) is 24.3 Å². The molecule has 0 atom stereocenters. The predicted octanol–water partition coefficient (Wildman–Crippen LogP) is 1.25. The third kappa shape index (κ3) is 2.96. The highest BCUT2D eigenvalue weighted by molar-refractivity contribution is 6.51. The van der Waals surface area contributed by atoms with Crippen LogP contribution in [0.2, 0.25) is 0 Å². The minimum Gasteiger partial charge on any atom is -0.330 e. The fraction of sp³-hybridized carbons (Fsp3) is 0.500. The first kappa shape index (κ1) is 11.5. The van der Waals surface area contributed by atoms with Crippen LogP contribution in [0.5, 0.6) is 0 Å². The largest absolute Gasteiger partial charge is 0.330 e. The maximum Gasteiger partial charge on any atom is 0.127 e. The fourth-order valence-corrected chi connectivity index (χ4v) is 3.47. The average Bonchev–Trinajstić information content (AvgIpc) is 2.01. The van der Waals surface area contributed by atoms with E-state index in [2.05, 4.69) is 63.7 Å². The van der Waals surface area contributed by atoms with Crippen LogP contribution in [0.3, 0.4) is 0 Å². The summed E-state index contributed by atoms with van der Waals surface area (Å²) in [6.07, 6.45) is 0. The maximum atomic E-state index is 2.35. The predicted molar refractivity (Wildman–Crippen MR) is 67.0 cm³/mol. The van der Waals surface area contributed by atoms with E-state index >= 15 is 0 Å². The van der Waals surface area contributed by atoms with Crippen LogP contribution in [0.1, 0.15) is 26.3 Å². The van der Waals surface area contributed by atoms with Gasteiger partial charge in [0.05, 0.1) is 0 Å². The Hall–Kier alpha value is -0.603. The number of benzene rings is 1. The smallest absolute Gasteiger partial charge is 0.127 e. The zero-order valence-corrected chi connectivity index (χ0v) is 11.4. The molecule has 1 aromatic carbocycles. The third-order valence-electron chi connectivity index (χ3n) is 2.31. The van der Waals surface area contributed by atoms with E-state index in [0.29, 0.717) is 0 Å². The van der Waals surface area contributed by atoms with Crippen molar-refractivity contribution in [2.24, 2.45) is 0 Å². The summed E-state index contributed by atoms with van der Waals surface area (Å²) in [5.74, 6) is 0. The Kier molecular flexibility index (Phi) is 3.51. The van der Waals surface area contributed by atoms with Crippen molar-refractivity contribution in [1.29, 1.82) is 0 Å². The molecule has 0 bridgehead atoms. The van der Waals surface area contributed by atoms with Crippen molar-refractivity contribution in [3.05, 3.63) is 29.8 Å². The lowest BCUT2D eigenvalue weighted by molar-refractivity contribution is 0.592. The van der Waals surface area contributed by atoms with Crippen molar-refractivity contribution in [3.8, 4) is 0 Å². The molecule has 0 saturated heterocycles. The van der Waals surface area contributed by atoms with Crippen LogP contribution in [0, 0.1) is 0 Å². The van der Waals surface area contributed by atoms with E-state index in [0.717, 1.165) is 0 Å². The van der Waals surface area contributed by atoms with Gasteiger partial charge in [0.25, 0.3) is 0 Å².